The monoisotopic (exact) mass is 1620 g/mol. The van der Waals surface area contributed by atoms with Crippen LogP contribution in [-0.2, 0) is 32.7 Å². The van der Waals surface area contributed by atoms with Crippen LogP contribution in [0.4, 0.5) is 0 Å². The maximum absolute atomic E-state index is 17.0. The first-order chi connectivity index (χ1) is 54.8. The van der Waals surface area contributed by atoms with Crippen molar-refractivity contribution >= 4 is 73.0 Å². The Morgan fingerprint density at radius 1 is 0.223 bits per heavy atom. The smallest absolute Gasteiger partial charge is 0.432 e. The van der Waals surface area contributed by atoms with E-state index >= 15 is 9.13 Å². The van der Waals surface area contributed by atoms with E-state index in [-0.39, 0.29) is 23.7 Å². The molecule has 16 heteroatoms. The molecule has 0 saturated carbocycles. The molecule has 10 nitrogen and oxygen atoms in total. The largest absolute Gasteiger partial charge is 0.462 e. The Morgan fingerprint density at radius 2 is 0.393 bits per heavy atom. The molecular weight excluding hydrogens is 1500 g/mol. The molecule has 112 heavy (non-hydrogen) atoms. The highest BCUT2D eigenvalue weighted by Gasteiger charge is 2.46. The molecule has 13 rings (SSSR count). The number of hydrogen-bond acceptors (Lipinski definition) is 12. The van der Waals surface area contributed by atoms with Crippen LogP contribution in [0.3, 0.4) is 0 Å². The maximum Gasteiger partial charge on any atom is 0.462 e. The lowest BCUT2D eigenvalue weighted by molar-refractivity contribution is 0.376. The molecule has 8 bridgehead atoms. The molecule has 600 valence electrons. The summed E-state index contributed by atoms with van der Waals surface area (Å²) in [4.78, 5) is 0. The molecule has 4 heterocycles. The first-order valence-electron chi connectivity index (χ1n) is 43.8. The SMILES string of the molecule is CCCCCCCCCCCC1c2cc3c4cc2OP(=O)(c2ccccc2)Oc2cc5c(cc21)C(CCCCCCCCCCC)c1cc2c(cc1OP(=S)(c1ccccc1)O5)OP(=S)(c1ccccc1)Oc1cc(c(cc1C2CCCCCCCCCCC)C3CCCCCCCCCCC)OP(=O)(c1ccccc1)O4. The molecule has 8 aromatic carbocycles. The summed E-state index contributed by atoms with van der Waals surface area (Å²) in [5, 5.41) is 2.23. The summed E-state index contributed by atoms with van der Waals surface area (Å²) >= 11 is 14.2. The van der Waals surface area contributed by atoms with E-state index in [4.69, 9.17) is 59.8 Å². The highest BCUT2D eigenvalue weighted by molar-refractivity contribution is 8.14. The van der Waals surface area contributed by atoms with Gasteiger partial charge >= 0.3 is 28.2 Å². The number of benzene rings is 8. The molecule has 0 radical (unpaired) electrons. The molecule has 0 amide bonds. The van der Waals surface area contributed by atoms with Gasteiger partial charge in [-0.05, 0) is 122 Å². The molecule has 0 spiro atoms. The lowest BCUT2D eigenvalue weighted by atomic mass is 9.76. The summed E-state index contributed by atoms with van der Waals surface area (Å²) in [6.45, 7) is 1.88. The molecule has 0 fully saturated rings. The van der Waals surface area contributed by atoms with Gasteiger partial charge in [0, 0.05) is 92.4 Å². The second-order valence-corrected chi connectivity index (χ2v) is 42.8. The molecule has 8 aromatic rings. The van der Waals surface area contributed by atoms with Crippen LogP contribution < -0.4 is 57.4 Å². The highest BCUT2D eigenvalue weighted by Crippen LogP contribution is 2.66. The summed E-state index contributed by atoms with van der Waals surface area (Å²) < 4.78 is 94.6. The van der Waals surface area contributed by atoms with Crippen LogP contribution in [0.25, 0.3) is 0 Å². The van der Waals surface area contributed by atoms with Crippen molar-refractivity contribution < 1.29 is 45.3 Å². The van der Waals surface area contributed by atoms with Gasteiger partial charge in [0.05, 0.1) is 21.2 Å². The lowest BCUT2D eigenvalue weighted by Gasteiger charge is -2.38. The van der Waals surface area contributed by atoms with Crippen molar-refractivity contribution in [1.29, 1.82) is 0 Å². The van der Waals surface area contributed by atoms with Gasteiger partial charge in [-0.1, -0.05) is 332 Å². The van der Waals surface area contributed by atoms with Crippen LogP contribution in [-0.4, -0.2) is 0 Å². The molecule has 8 atom stereocenters. The standard InChI is InChI=1S/C96H124O10P4S2/c1-5-9-13-17-21-25-29-33-49-61-77-81-65-82-78(62-50-34-30-26-22-18-14-10-6-2)84-67-86-80(64-52-36-32-28-24-20-16-12-8-4)88-68-87-79(63-51-35-31-27-23-19-15-11-7-3)85-66-83(77)91-70-93(85)103-109(111,75-57-45-39-46-58-75)105-95(87)72-96(88)106-110(112,76-59-47-40-48-60-76)104-94(86)71-92(84)102-108(98,74-55-43-38-44-56-74)100-90(82)69-89(81)99-107(97,101-91)73-53-41-37-42-54-73/h37-48,53-60,65-72,77-80H,5-36,49-52,61-64H2,1-4H3. The van der Waals surface area contributed by atoms with Gasteiger partial charge < -0.3 is 36.2 Å². The lowest BCUT2D eigenvalue weighted by Crippen LogP contribution is -2.24. The molecule has 4 aliphatic heterocycles. The minimum Gasteiger partial charge on any atom is -0.432 e. The number of hydrogen-bond donors (Lipinski definition) is 0. The fourth-order valence-corrected chi connectivity index (χ4v) is 25.9. The van der Waals surface area contributed by atoms with Gasteiger partial charge in [-0.25, -0.2) is 9.13 Å². The van der Waals surface area contributed by atoms with E-state index < -0.39 is 28.2 Å². The second kappa shape index (κ2) is 41.2. The number of rotatable bonds is 44. The van der Waals surface area contributed by atoms with Crippen molar-refractivity contribution in [2.75, 3.05) is 0 Å². The molecule has 8 unspecified atom stereocenters. The quantitative estimate of drug-likeness (QED) is 0.0268. The van der Waals surface area contributed by atoms with Gasteiger partial charge in [-0.3, -0.25) is 0 Å². The first kappa shape index (κ1) is 83.9. The van der Waals surface area contributed by atoms with Crippen molar-refractivity contribution in [2.24, 2.45) is 0 Å². The van der Waals surface area contributed by atoms with Crippen LogP contribution in [0.1, 0.15) is 353 Å². The normalized spacial score (nSPS) is 21.5. The van der Waals surface area contributed by atoms with Gasteiger partial charge in [-0.2, -0.15) is 0 Å². The Hall–Kier alpha value is -6.08. The Labute approximate surface area is 682 Å². The van der Waals surface area contributed by atoms with Crippen LogP contribution in [0.5, 0.6) is 46.0 Å². The fraction of sp³-hybridized carbons (Fsp3) is 0.500. The van der Waals surface area contributed by atoms with Gasteiger partial charge in [-0.15, -0.1) is 0 Å². The van der Waals surface area contributed by atoms with Crippen molar-refractivity contribution in [3.05, 3.63) is 214 Å². The minimum absolute atomic E-state index is 0.309. The van der Waals surface area contributed by atoms with Gasteiger partial charge in [0.1, 0.15) is 46.0 Å². The van der Waals surface area contributed by atoms with Crippen LogP contribution >= 0.6 is 28.2 Å². The van der Waals surface area contributed by atoms with Crippen molar-refractivity contribution in [2.45, 2.75) is 308 Å². The zero-order valence-electron chi connectivity index (χ0n) is 67.4. The average molecular weight is 1630 g/mol. The average Bonchev–Trinajstić information content (AvgIpc) is 0.739. The molecule has 0 aromatic heterocycles. The van der Waals surface area contributed by atoms with Gasteiger partial charge in [0.2, 0.25) is 0 Å². The summed E-state index contributed by atoms with van der Waals surface area (Å²) in [5.41, 5.74) is 7.49. The topological polar surface area (TPSA) is 108 Å². The van der Waals surface area contributed by atoms with Crippen molar-refractivity contribution in [3.63, 3.8) is 0 Å². The Balaban J connectivity index is 1.11. The molecule has 0 saturated heterocycles. The maximum atomic E-state index is 17.0. The fourth-order valence-electron chi connectivity index (χ4n) is 17.7. The summed E-state index contributed by atoms with van der Waals surface area (Å²) in [6, 6.07) is 56.3. The molecule has 0 N–H and O–H groups in total. The van der Waals surface area contributed by atoms with Gasteiger partial charge in [0.15, 0.2) is 0 Å². The van der Waals surface area contributed by atoms with E-state index in [0.717, 1.165) is 158 Å². The molecule has 5 aliphatic rings. The van der Waals surface area contributed by atoms with E-state index in [9.17, 15) is 0 Å². The zero-order chi connectivity index (χ0) is 77.6. The second-order valence-electron chi connectivity index (χ2n) is 32.5. The zero-order valence-corrected chi connectivity index (χ0v) is 72.7. The number of unbranched alkanes of at least 4 members (excludes halogenated alkanes) is 32. The predicted octanol–water partition coefficient (Wildman–Crippen LogP) is 29.6. The van der Waals surface area contributed by atoms with E-state index in [1.807, 2.05) is 140 Å². The van der Waals surface area contributed by atoms with Crippen LogP contribution in [0.2, 0.25) is 0 Å². The van der Waals surface area contributed by atoms with E-state index in [1.54, 1.807) is 0 Å². The Bertz CT molecular complexity index is 3830. The third-order valence-electron chi connectivity index (χ3n) is 24.0. The molecular formula is C96H124O10P4S2. The predicted molar refractivity (Wildman–Crippen MR) is 474 cm³/mol. The van der Waals surface area contributed by atoms with E-state index in [1.165, 1.54) is 154 Å². The van der Waals surface area contributed by atoms with Crippen molar-refractivity contribution in [3.8, 4) is 46.0 Å². The Morgan fingerprint density at radius 3 is 0.589 bits per heavy atom. The summed E-state index contributed by atoms with van der Waals surface area (Å²) in [7, 11) is -8.89. The van der Waals surface area contributed by atoms with E-state index in [2.05, 4.69) is 58.0 Å². The summed E-state index contributed by atoms with van der Waals surface area (Å²) in [5.74, 6) is 2.42. The van der Waals surface area contributed by atoms with Crippen LogP contribution in [0.15, 0.2) is 170 Å². The highest BCUT2D eigenvalue weighted by atomic mass is 32.5. The molecule has 1 aliphatic carbocycles. The van der Waals surface area contributed by atoms with Gasteiger partial charge in [0.25, 0.3) is 0 Å². The Kier molecular flexibility index (Phi) is 30.8. The van der Waals surface area contributed by atoms with Crippen LogP contribution in [0, 0.1) is 0 Å². The first-order valence-corrected chi connectivity index (χ1v) is 52.1. The third kappa shape index (κ3) is 20.8. The van der Waals surface area contributed by atoms with Crippen molar-refractivity contribution in [1.82, 2.24) is 0 Å². The van der Waals surface area contributed by atoms with E-state index in [0.29, 0.717) is 56.6 Å². The minimum atomic E-state index is -4.45. The third-order valence-corrected chi connectivity index (χ3v) is 33.4. The summed E-state index contributed by atoms with van der Waals surface area (Å²) in [6.07, 6.45) is 45.0.